The lowest BCUT2D eigenvalue weighted by Crippen LogP contribution is -2.49. The number of nitrogens with one attached hydrogen (secondary N) is 2. The first-order chi connectivity index (χ1) is 14.4. The van der Waals surface area contributed by atoms with E-state index < -0.39 is 36.7 Å². The van der Waals surface area contributed by atoms with Gasteiger partial charge in [0.05, 0.1) is 6.54 Å². The third-order valence-corrected chi connectivity index (χ3v) is 5.12. The molecular formula is C22H24N2O6. The van der Waals surface area contributed by atoms with E-state index in [4.69, 9.17) is 9.84 Å². The van der Waals surface area contributed by atoms with Crippen molar-refractivity contribution in [3.8, 4) is 11.1 Å². The Morgan fingerprint density at radius 1 is 1.03 bits per heavy atom. The first-order valence-corrected chi connectivity index (χ1v) is 9.72. The van der Waals surface area contributed by atoms with Crippen LogP contribution in [0.1, 0.15) is 30.4 Å². The lowest BCUT2D eigenvalue weighted by molar-refractivity contribution is -0.146. The predicted molar refractivity (Wildman–Crippen MR) is 109 cm³/mol. The molecule has 30 heavy (non-hydrogen) atoms. The maximum Gasteiger partial charge on any atom is 0.407 e. The molecule has 0 spiro atoms. The minimum atomic E-state index is -1.71. The van der Waals surface area contributed by atoms with Gasteiger partial charge in [0.1, 0.15) is 12.6 Å². The molecule has 8 heteroatoms. The van der Waals surface area contributed by atoms with Crippen molar-refractivity contribution in [3.05, 3.63) is 59.7 Å². The van der Waals surface area contributed by atoms with E-state index in [2.05, 4.69) is 10.6 Å². The van der Waals surface area contributed by atoms with Crippen LogP contribution in [0.25, 0.3) is 11.1 Å². The number of carboxylic acids is 1. The van der Waals surface area contributed by atoms with Crippen molar-refractivity contribution in [2.75, 3.05) is 13.2 Å². The number of carbonyl (C=O) groups is 3. The van der Waals surface area contributed by atoms with Gasteiger partial charge in [-0.15, -0.1) is 0 Å². The first kappa shape index (κ1) is 21.3. The third kappa shape index (κ3) is 4.60. The molecule has 0 saturated heterocycles. The molecule has 1 aliphatic rings. The molecule has 158 valence electrons. The van der Waals surface area contributed by atoms with Gasteiger partial charge in [-0.25, -0.2) is 9.59 Å². The van der Waals surface area contributed by atoms with Crippen molar-refractivity contribution < 1.29 is 29.3 Å². The molecule has 8 nitrogen and oxygen atoms in total. The average Bonchev–Trinajstić information content (AvgIpc) is 3.07. The Balaban J connectivity index is 1.59. The average molecular weight is 412 g/mol. The summed E-state index contributed by atoms with van der Waals surface area (Å²) in [6.07, 6.45) is -2.17. The zero-order valence-electron chi connectivity index (χ0n) is 16.5. The molecule has 2 aromatic rings. The Bertz CT molecular complexity index is 899. The van der Waals surface area contributed by atoms with E-state index in [1.54, 1.807) is 6.92 Å². The van der Waals surface area contributed by atoms with Crippen LogP contribution in [-0.2, 0) is 14.3 Å². The van der Waals surface area contributed by atoms with E-state index in [0.29, 0.717) is 0 Å². The van der Waals surface area contributed by atoms with Gasteiger partial charge in [0.15, 0.2) is 6.10 Å². The second kappa shape index (κ2) is 9.41. The molecule has 3 rings (SSSR count). The Kier molecular flexibility index (Phi) is 6.68. The molecule has 1 aliphatic carbocycles. The van der Waals surface area contributed by atoms with Gasteiger partial charge in [0, 0.05) is 5.92 Å². The summed E-state index contributed by atoms with van der Waals surface area (Å²) in [5.41, 5.74) is 4.40. The van der Waals surface area contributed by atoms with Crippen molar-refractivity contribution >= 4 is 18.0 Å². The number of alkyl carbamates (subject to hydrolysis) is 1. The van der Waals surface area contributed by atoms with E-state index in [1.165, 1.54) is 0 Å². The molecular weight excluding hydrogens is 388 g/mol. The minimum absolute atomic E-state index is 0.0947. The molecule has 2 amide bonds. The Hall–Kier alpha value is -3.39. The summed E-state index contributed by atoms with van der Waals surface area (Å²) in [6, 6.07) is 15.0. The maximum atomic E-state index is 12.3. The lowest BCUT2D eigenvalue weighted by atomic mass is 9.98. The van der Waals surface area contributed by atoms with Gasteiger partial charge < -0.3 is 25.6 Å². The molecule has 0 bridgehead atoms. The molecule has 0 saturated carbocycles. The van der Waals surface area contributed by atoms with Gasteiger partial charge >= 0.3 is 12.1 Å². The van der Waals surface area contributed by atoms with Crippen molar-refractivity contribution in [3.63, 3.8) is 0 Å². The second-order valence-corrected chi connectivity index (χ2v) is 7.03. The van der Waals surface area contributed by atoms with Gasteiger partial charge in [-0.05, 0) is 28.7 Å². The standard InChI is InChI=1S/C22H24N2O6/c1-2-18(20(26)23-11-19(25)21(27)28)24-22(29)30-12-17-15-9-5-3-7-13(15)14-8-4-6-10-16(14)17/h3-10,17-19,25H,2,11-12H2,1H3,(H,23,26)(H,24,29)(H,27,28)/t18-,19?/m1/s1. The van der Waals surface area contributed by atoms with Gasteiger partial charge in [0.2, 0.25) is 5.91 Å². The fourth-order valence-electron chi connectivity index (χ4n) is 3.54. The number of aliphatic hydroxyl groups is 1. The summed E-state index contributed by atoms with van der Waals surface area (Å²) in [5.74, 6) is -2.12. The smallest absolute Gasteiger partial charge is 0.407 e. The number of amides is 2. The maximum absolute atomic E-state index is 12.3. The van der Waals surface area contributed by atoms with Gasteiger partial charge in [-0.1, -0.05) is 55.5 Å². The van der Waals surface area contributed by atoms with Crippen LogP contribution in [0.15, 0.2) is 48.5 Å². The summed E-state index contributed by atoms with van der Waals surface area (Å²) in [5, 5.41) is 22.7. The van der Waals surface area contributed by atoms with E-state index >= 15 is 0 Å². The second-order valence-electron chi connectivity index (χ2n) is 7.03. The number of carboxylic acid groups (broad SMARTS) is 1. The van der Waals surface area contributed by atoms with Crippen LogP contribution in [0, 0.1) is 0 Å². The fourth-order valence-corrected chi connectivity index (χ4v) is 3.54. The fraction of sp³-hybridized carbons (Fsp3) is 0.318. The normalized spacial score (nSPS) is 14.2. The van der Waals surface area contributed by atoms with Crippen molar-refractivity contribution in [2.24, 2.45) is 0 Å². The molecule has 0 aliphatic heterocycles. The lowest BCUT2D eigenvalue weighted by Gasteiger charge is -2.19. The number of ether oxygens (including phenoxy) is 1. The highest BCUT2D eigenvalue weighted by Crippen LogP contribution is 2.44. The highest BCUT2D eigenvalue weighted by molar-refractivity contribution is 5.86. The van der Waals surface area contributed by atoms with E-state index in [0.717, 1.165) is 22.3 Å². The molecule has 4 N–H and O–H groups in total. The molecule has 0 aromatic heterocycles. The molecule has 0 heterocycles. The van der Waals surface area contributed by atoms with Crippen LogP contribution in [0.4, 0.5) is 4.79 Å². The van der Waals surface area contributed by atoms with Crippen LogP contribution in [0.2, 0.25) is 0 Å². The predicted octanol–water partition coefficient (Wildman–Crippen LogP) is 1.87. The summed E-state index contributed by atoms with van der Waals surface area (Å²) in [6.45, 7) is 1.37. The number of fused-ring (bicyclic) bond motifs is 3. The summed E-state index contributed by atoms with van der Waals surface area (Å²) in [7, 11) is 0. The van der Waals surface area contributed by atoms with Gasteiger partial charge in [-0.3, -0.25) is 4.79 Å². The number of rotatable bonds is 8. The van der Waals surface area contributed by atoms with Gasteiger partial charge in [-0.2, -0.15) is 0 Å². The molecule has 2 atom stereocenters. The molecule has 0 fully saturated rings. The number of carbonyl (C=O) groups excluding carboxylic acids is 2. The molecule has 0 radical (unpaired) electrons. The van der Waals surface area contributed by atoms with Crippen LogP contribution >= 0.6 is 0 Å². The summed E-state index contributed by atoms with van der Waals surface area (Å²) >= 11 is 0. The SMILES string of the molecule is CC[C@@H](NC(=O)OCC1c2ccccc2-c2ccccc21)C(=O)NCC(O)C(=O)O. The number of hydrogen-bond acceptors (Lipinski definition) is 5. The zero-order chi connectivity index (χ0) is 21.7. The summed E-state index contributed by atoms with van der Waals surface area (Å²) in [4.78, 5) is 35.1. The van der Waals surface area contributed by atoms with E-state index in [-0.39, 0.29) is 18.9 Å². The number of hydrogen-bond donors (Lipinski definition) is 4. The van der Waals surface area contributed by atoms with Crippen molar-refractivity contribution in [1.82, 2.24) is 10.6 Å². The van der Waals surface area contributed by atoms with Crippen molar-refractivity contribution in [1.29, 1.82) is 0 Å². The number of aliphatic hydroxyl groups excluding tert-OH is 1. The van der Waals surface area contributed by atoms with E-state index in [9.17, 15) is 19.5 Å². The third-order valence-electron chi connectivity index (χ3n) is 5.12. The van der Waals surface area contributed by atoms with Crippen LogP contribution in [-0.4, -0.2) is 53.5 Å². The molecule has 2 aromatic carbocycles. The number of benzene rings is 2. The van der Waals surface area contributed by atoms with Crippen LogP contribution in [0.5, 0.6) is 0 Å². The van der Waals surface area contributed by atoms with Gasteiger partial charge in [0.25, 0.3) is 0 Å². The zero-order valence-corrected chi connectivity index (χ0v) is 16.5. The van der Waals surface area contributed by atoms with Crippen molar-refractivity contribution in [2.45, 2.75) is 31.4 Å². The topological polar surface area (TPSA) is 125 Å². The van der Waals surface area contributed by atoms with E-state index in [1.807, 2.05) is 48.5 Å². The Morgan fingerprint density at radius 3 is 2.13 bits per heavy atom. The number of aliphatic carboxylic acids is 1. The Morgan fingerprint density at radius 2 is 1.60 bits per heavy atom. The summed E-state index contributed by atoms with van der Waals surface area (Å²) < 4.78 is 5.41. The molecule has 1 unspecified atom stereocenters. The Labute approximate surface area is 173 Å². The monoisotopic (exact) mass is 412 g/mol. The van der Waals surface area contributed by atoms with Crippen LogP contribution in [0.3, 0.4) is 0 Å². The largest absolute Gasteiger partial charge is 0.479 e. The quantitative estimate of drug-likeness (QED) is 0.525. The highest BCUT2D eigenvalue weighted by atomic mass is 16.5. The first-order valence-electron chi connectivity index (χ1n) is 9.72. The van der Waals surface area contributed by atoms with Crippen LogP contribution < -0.4 is 10.6 Å². The minimum Gasteiger partial charge on any atom is -0.479 e. The highest BCUT2D eigenvalue weighted by Gasteiger charge is 2.29.